The van der Waals surface area contributed by atoms with Crippen LogP contribution < -0.4 is 5.73 Å². The molecule has 1 aromatic heterocycles. The number of hydrogen-bond acceptors (Lipinski definition) is 3. The van der Waals surface area contributed by atoms with Gasteiger partial charge in [0.05, 0.1) is 18.0 Å². The van der Waals surface area contributed by atoms with Gasteiger partial charge in [-0.25, -0.2) is 9.07 Å². The standard InChI is InChI=1S/C19H16ClF4N3O/c1-11(19(22,23)24)28-10-12-6-13(8-15(21)7-12)17-9-18(25)26-27(17)16-4-2-14(20)3-5-16/h2-9,11H,10H2,1H3,(H2,25,26)/t11-/m1/s1. The third-order valence-electron chi connectivity index (χ3n) is 4.01. The van der Waals surface area contributed by atoms with E-state index < -0.39 is 24.7 Å². The van der Waals surface area contributed by atoms with Crippen LogP contribution in [0.4, 0.5) is 23.4 Å². The second-order valence-electron chi connectivity index (χ2n) is 6.19. The van der Waals surface area contributed by atoms with E-state index in [1.165, 1.54) is 16.8 Å². The van der Waals surface area contributed by atoms with Crippen LogP contribution in [0.5, 0.6) is 0 Å². The van der Waals surface area contributed by atoms with Crippen molar-refractivity contribution in [3.8, 4) is 16.9 Å². The molecule has 4 nitrogen and oxygen atoms in total. The van der Waals surface area contributed by atoms with Gasteiger partial charge < -0.3 is 10.5 Å². The van der Waals surface area contributed by atoms with Crippen LogP contribution in [0.3, 0.4) is 0 Å². The first-order valence-corrected chi connectivity index (χ1v) is 8.61. The minimum Gasteiger partial charge on any atom is -0.382 e. The number of rotatable bonds is 5. The molecule has 0 aliphatic heterocycles. The molecular formula is C19H16ClF4N3O. The lowest BCUT2D eigenvalue weighted by Gasteiger charge is -2.16. The Morgan fingerprint density at radius 1 is 1.14 bits per heavy atom. The lowest BCUT2D eigenvalue weighted by molar-refractivity contribution is -0.217. The summed E-state index contributed by atoms with van der Waals surface area (Å²) in [6, 6.07) is 12.2. The maximum Gasteiger partial charge on any atom is 0.414 e. The summed E-state index contributed by atoms with van der Waals surface area (Å²) in [4.78, 5) is 0. The van der Waals surface area contributed by atoms with Crippen molar-refractivity contribution in [2.24, 2.45) is 0 Å². The highest BCUT2D eigenvalue weighted by Crippen LogP contribution is 2.28. The van der Waals surface area contributed by atoms with Crippen LogP contribution in [-0.2, 0) is 11.3 Å². The summed E-state index contributed by atoms with van der Waals surface area (Å²) in [5.41, 5.74) is 7.58. The number of benzene rings is 2. The molecule has 3 rings (SSSR count). The first kappa shape index (κ1) is 20.2. The van der Waals surface area contributed by atoms with Crippen molar-refractivity contribution in [3.63, 3.8) is 0 Å². The summed E-state index contributed by atoms with van der Waals surface area (Å²) < 4.78 is 58.3. The number of nitrogens with two attached hydrogens (primary N) is 1. The van der Waals surface area contributed by atoms with Crippen LogP contribution in [0, 0.1) is 5.82 Å². The fourth-order valence-electron chi connectivity index (χ4n) is 2.58. The Kier molecular flexibility index (Phi) is 5.62. The van der Waals surface area contributed by atoms with Gasteiger partial charge in [-0.05, 0) is 55.0 Å². The van der Waals surface area contributed by atoms with E-state index in [1.54, 1.807) is 30.3 Å². The number of nitrogen functional groups attached to an aromatic ring is 1. The number of hydrogen-bond donors (Lipinski definition) is 1. The number of nitrogens with zero attached hydrogens (tertiary/aromatic N) is 2. The largest absolute Gasteiger partial charge is 0.414 e. The molecule has 3 aromatic rings. The maximum atomic E-state index is 14.1. The lowest BCUT2D eigenvalue weighted by Crippen LogP contribution is -2.28. The Hall–Kier alpha value is -2.58. The van der Waals surface area contributed by atoms with Crippen molar-refractivity contribution in [2.45, 2.75) is 25.8 Å². The van der Waals surface area contributed by atoms with Crippen LogP contribution in [0.25, 0.3) is 16.9 Å². The SMILES string of the molecule is C[C@@H](OCc1cc(F)cc(-c2cc(N)nn2-c2ccc(Cl)cc2)c1)C(F)(F)F. The van der Waals surface area contributed by atoms with Crippen LogP contribution in [0.15, 0.2) is 48.5 Å². The molecule has 1 atom stereocenters. The third-order valence-corrected chi connectivity index (χ3v) is 4.27. The zero-order chi connectivity index (χ0) is 20.5. The average Bonchev–Trinajstić information content (AvgIpc) is 3.01. The Labute approximate surface area is 163 Å². The summed E-state index contributed by atoms with van der Waals surface area (Å²) in [5.74, 6) is -0.407. The second kappa shape index (κ2) is 7.81. The van der Waals surface area contributed by atoms with Crippen molar-refractivity contribution >= 4 is 17.4 Å². The molecule has 0 radical (unpaired) electrons. The molecule has 148 valence electrons. The summed E-state index contributed by atoms with van der Waals surface area (Å²) in [6.45, 7) is 0.506. The van der Waals surface area contributed by atoms with Gasteiger partial charge in [0.15, 0.2) is 6.10 Å². The highest BCUT2D eigenvalue weighted by atomic mass is 35.5. The molecule has 0 saturated heterocycles. The van der Waals surface area contributed by atoms with Gasteiger partial charge in [0.25, 0.3) is 0 Å². The third kappa shape index (κ3) is 4.63. The summed E-state index contributed by atoms with van der Waals surface area (Å²) in [6.07, 6.45) is -6.45. The molecule has 0 aliphatic carbocycles. The molecule has 9 heteroatoms. The lowest BCUT2D eigenvalue weighted by atomic mass is 10.1. The van der Waals surface area contributed by atoms with Gasteiger partial charge in [-0.3, -0.25) is 0 Å². The molecule has 0 bridgehead atoms. The zero-order valence-corrected chi connectivity index (χ0v) is 15.4. The van der Waals surface area contributed by atoms with Gasteiger partial charge in [-0.15, -0.1) is 0 Å². The van der Waals surface area contributed by atoms with E-state index in [4.69, 9.17) is 22.1 Å². The molecule has 0 aliphatic rings. The van der Waals surface area contributed by atoms with Crippen LogP contribution in [0.1, 0.15) is 12.5 Å². The molecule has 28 heavy (non-hydrogen) atoms. The van der Waals surface area contributed by atoms with E-state index in [1.807, 2.05) is 0 Å². The first-order chi connectivity index (χ1) is 13.1. The minimum absolute atomic E-state index is 0.206. The normalized spacial score (nSPS) is 12.9. The average molecular weight is 414 g/mol. The molecule has 0 unspecified atom stereocenters. The molecule has 1 heterocycles. The second-order valence-corrected chi connectivity index (χ2v) is 6.62. The van der Waals surface area contributed by atoms with E-state index in [-0.39, 0.29) is 11.4 Å². The van der Waals surface area contributed by atoms with E-state index in [0.717, 1.165) is 13.0 Å². The monoisotopic (exact) mass is 413 g/mol. The zero-order valence-electron chi connectivity index (χ0n) is 14.7. The van der Waals surface area contributed by atoms with Crippen LogP contribution in [0.2, 0.25) is 5.02 Å². The van der Waals surface area contributed by atoms with E-state index in [0.29, 0.717) is 22.0 Å². The summed E-state index contributed by atoms with van der Waals surface area (Å²) in [5, 5.41) is 4.74. The van der Waals surface area contributed by atoms with Crippen molar-refractivity contribution < 1.29 is 22.3 Å². The van der Waals surface area contributed by atoms with Gasteiger partial charge in [-0.1, -0.05) is 11.6 Å². The Bertz CT molecular complexity index is 970. The predicted molar refractivity (Wildman–Crippen MR) is 98.7 cm³/mol. The van der Waals surface area contributed by atoms with E-state index in [2.05, 4.69) is 5.10 Å². The molecular weight excluding hydrogens is 398 g/mol. The number of alkyl halides is 3. The molecule has 2 aromatic carbocycles. The van der Waals surface area contributed by atoms with Crippen molar-refractivity contribution in [1.29, 1.82) is 0 Å². The smallest absolute Gasteiger partial charge is 0.382 e. The number of halogens is 5. The first-order valence-electron chi connectivity index (χ1n) is 8.23. The molecule has 0 spiro atoms. The van der Waals surface area contributed by atoms with Gasteiger partial charge in [0.1, 0.15) is 11.6 Å². The Morgan fingerprint density at radius 2 is 1.82 bits per heavy atom. The number of aromatic nitrogens is 2. The highest BCUT2D eigenvalue weighted by molar-refractivity contribution is 6.30. The molecule has 2 N–H and O–H groups in total. The van der Waals surface area contributed by atoms with Gasteiger partial charge in [-0.2, -0.15) is 18.3 Å². The maximum absolute atomic E-state index is 14.1. The van der Waals surface area contributed by atoms with E-state index in [9.17, 15) is 17.6 Å². The Morgan fingerprint density at radius 3 is 2.46 bits per heavy atom. The minimum atomic E-state index is -4.49. The van der Waals surface area contributed by atoms with Crippen LogP contribution >= 0.6 is 11.6 Å². The van der Waals surface area contributed by atoms with Gasteiger partial charge in [0, 0.05) is 16.7 Å². The quantitative estimate of drug-likeness (QED) is 0.571. The molecule has 0 saturated carbocycles. The number of anilines is 1. The fourth-order valence-corrected chi connectivity index (χ4v) is 2.71. The van der Waals surface area contributed by atoms with Crippen molar-refractivity contribution in [3.05, 3.63) is 64.9 Å². The van der Waals surface area contributed by atoms with E-state index >= 15 is 0 Å². The summed E-state index contributed by atoms with van der Waals surface area (Å²) >= 11 is 5.90. The molecule has 0 amide bonds. The van der Waals surface area contributed by atoms with Crippen molar-refractivity contribution in [2.75, 3.05) is 5.73 Å². The topological polar surface area (TPSA) is 53.1 Å². The summed E-state index contributed by atoms with van der Waals surface area (Å²) in [7, 11) is 0. The van der Waals surface area contributed by atoms with Crippen molar-refractivity contribution in [1.82, 2.24) is 9.78 Å². The highest BCUT2D eigenvalue weighted by Gasteiger charge is 2.36. The van der Waals surface area contributed by atoms with Gasteiger partial charge in [0.2, 0.25) is 0 Å². The Balaban J connectivity index is 1.94. The predicted octanol–water partition coefficient (Wildman–Crippen LogP) is 5.38. The fraction of sp³-hybridized carbons (Fsp3) is 0.211. The number of ether oxygens (including phenoxy) is 1. The van der Waals surface area contributed by atoms with Gasteiger partial charge >= 0.3 is 6.18 Å². The molecule has 0 fully saturated rings. The van der Waals surface area contributed by atoms with Crippen LogP contribution in [-0.4, -0.2) is 22.1 Å².